The average Bonchev–Trinajstić information content (AvgIpc) is 3.09. The molecule has 1 N–H and O–H groups in total. The van der Waals surface area contributed by atoms with Gasteiger partial charge in [-0.15, -0.1) is 0 Å². The predicted molar refractivity (Wildman–Crippen MR) is 108 cm³/mol. The van der Waals surface area contributed by atoms with Crippen LogP contribution in [-0.4, -0.2) is 64.0 Å². The number of carbonyl (C=O) groups is 2. The van der Waals surface area contributed by atoms with Crippen molar-refractivity contribution in [2.75, 3.05) is 6.54 Å². The van der Waals surface area contributed by atoms with Crippen molar-refractivity contribution < 1.29 is 14.7 Å². The molecule has 0 saturated carbocycles. The smallest absolute Gasteiger partial charge is 0.326 e. The Morgan fingerprint density at radius 1 is 0.846 bits per heavy atom. The van der Waals surface area contributed by atoms with Crippen LogP contribution in [-0.2, 0) is 9.59 Å². The van der Waals surface area contributed by atoms with E-state index >= 15 is 0 Å². The molecule has 1 rings (SSSR count). The van der Waals surface area contributed by atoms with Gasteiger partial charge in [-0.1, -0.05) is 84.0 Å². The molecule has 0 aromatic heterocycles. The van der Waals surface area contributed by atoms with E-state index in [2.05, 4.69) is 6.92 Å². The third kappa shape index (κ3) is 11.6. The molecule has 0 aliphatic carbocycles. The summed E-state index contributed by atoms with van der Waals surface area (Å²) >= 11 is 0. The van der Waals surface area contributed by atoms with E-state index in [1.807, 2.05) is 0 Å². The quantitative estimate of drug-likeness (QED) is 0.317. The third-order valence-corrected chi connectivity index (χ3v) is 5.35. The van der Waals surface area contributed by atoms with Gasteiger partial charge in [0, 0.05) is 42.5 Å². The number of rotatable bonds is 15. The van der Waals surface area contributed by atoms with Crippen LogP contribution in [0.1, 0.15) is 110 Å². The Labute approximate surface area is 182 Å². The number of carboxylic acids is 1. The van der Waals surface area contributed by atoms with Crippen LogP contribution in [0.25, 0.3) is 0 Å². The SMILES string of the molecule is CCCCCCCCCCCCCCCC(=O)N1CCC[C@H]1C(=O)O.[Na]. The number of hydrogen-bond acceptors (Lipinski definition) is 2. The summed E-state index contributed by atoms with van der Waals surface area (Å²) in [5.41, 5.74) is 0. The first kappa shape index (κ1) is 25.9. The molecule has 0 unspecified atom stereocenters. The van der Waals surface area contributed by atoms with E-state index in [9.17, 15) is 9.59 Å². The van der Waals surface area contributed by atoms with E-state index in [1.165, 1.54) is 70.6 Å². The van der Waals surface area contributed by atoms with Crippen molar-refractivity contribution in [1.82, 2.24) is 4.90 Å². The van der Waals surface area contributed by atoms with Gasteiger partial charge in [-0.25, -0.2) is 4.79 Å². The fraction of sp³-hybridized carbons (Fsp3) is 0.905. The van der Waals surface area contributed by atoms with Crippen molar-refractivity contribution in [2.45, 2.75) is 116 Å². The number of carbonyl (C=O) groups excluding carboxylic acids is 1. The van der Waals surface area contributed by atoms with Crippen LogP contribution in [0.4, 0.5) is 0 Å². The standard InChI is InChI=1S/C21H39NO3.Na/c1-2-3-4-5-6-7-8-9-10-11-12-13-14-17-20(23)22-18-15-16-19(22)21(24)25;/h19H,2-18H2,1H3,(H,24,25);/t19-;/m0./s1. The topological polar surface area (TPSA) is 57.6 Å². The van der Waals surface area contributed by atoms with Gasteiger partial charge in [-0.05, 0) is 19.3 Å². The van der Waals surface area contributed by atoms with Crippen molar-refractivity contribution in [2.24, 2.45) is 0 Å². The van der Waals surface area contributed by atoms with E-state index in [0.717, 1.165) is 19.3 Å². The minimum Gasteiger partial charge on any atom is -0.480 e. The number of nitrogens with zero attached hydrogens (tertiary/aromatic N) is 1. The van der Waals surface area contributed by atoms with Gasteiger partial charge in [-0.3, -0.25) is 4.79 Å². The molecule has 4 nitrogen and oxygen atoms in total. The van der Waals surface area contributed by atoms with Crippen LogP contribution >= 0.6 is 0 Å². The molecule has 0 aromatic rings. The van der Waals surface area contributed by atoms with Gasteiger partial charge in [0.05, 0.1) is 0 Å². The van der Waals surface area contributed by atoms with Gasteiger partial charge in [0.15, 0.2) is 0 Å². The fourth-order valence-electron chi connectivity index (χ4n) is 3.76. The Balaban J connectivity index is 0.00000625. The van der Waals surface area contributed by atoms with Crippen LogP contribution in [0, 0.1) is 0 Å². The summed E-state index contributed by atoms with van der Waals surface area (Å²) in [7, 11) is 0. The molecule has 1 saturated heterocycles. The molecule has 1 heterocycles. The molecule has 0 aromatic carbocycles. The zero-order chi connectivity index (χ0) is 18.3. The van der Waals surface area contributed by atoms with Crippen molar-refractivity contribution in [3.8, 4) is 0 Å². The first-order valence-corrected chi connectivity index (χ1v) is 10.7. The average molecular weight is 377 g/mol. The second kappa shape index (κ2) is 17.1. The molecule has 1 aliphatic rings. The maximum atomic E-state index is 12.1. The Bertz CT molecular complexity index is 376. The predicted octanol–water partition coefficient (Wildman–Crippen LogP) is 5.16. The van der Waals surface area contributed by atoms with E-state index in [-0.39, 0.29) is 35.5 Å². The first-order chi connectivity index (χ1) is 12.2. The van der Waals surface area contributed by atoms with Crippen LogP contribution in [0.15, 0.2) is 0 Å². The molecule has 5 heteroatoms. The molecule has 0 bridgehead atoms. The fourth-order valence-corrected chi connectivity index (χ4v) is 3.76. The van der Waals surface area contributed by atoms with Gasteiger partial charge in [0.25, 0.3) is 0 Å². The number of carboxylic acid groups (broad SMARTS) is 1. The van der Waals surface area contributed by atoms with Crippen molar-refractivity contribution in [3.05, 3.63) is 0 Å². The Hall–Kier alpha value is -0.0600. The van der Waals surface area contributed by atoms with Gasteiger partial charge in [-0.2, -0.15) is 0 Å². The van der Waals surface area contributed by atoms with Crippen molar-refractivity contribution >= 4 is 41.4 Å². The largest absolute Gasteiger partial charge is 0.480 e. The number of aliphatic carboxylic acids is 1. The minimum absolute atomic E-state index is 0. The Morgan fingerprint density at radius 3 is 1.77 bits per heavy atom. The van der Waals surface area contributed by atoms with Gasteiger partial charge < -0.3 is 10.0 Å². The molecule has 1 atom stereocenters. The number of likely N-dealkylation sites (tertiary alicyclic amines) is 1. The summed E-state index contributed by atoms with van der Waals surface area (Å²) in [6.07, 6.45) is 18.7. The van der Waals surface area contributed by atoms with Crippen LogP contribution in [0.5, 0.6) is 0 Å². The molecule has 1 amide bonds. The van der Waals surface area contributed by atoms with E-state index in [0.29, 0.717) is 19.4 Å². The van der Waals surface area contributed by atoms with Crippen molar-refractivity contribution in [3.63, 3.8) is 0 Å². The summed E-state index contributed by atoms with van der Waals surface area (Å²) in [6.45, 7) is 2.88. The summed E-state index contributed by atoms with van der Waals surface area (Å²) in [5, 5.41) is 9.12. The molecule has 1 fully saturated rings. The first-order valence-electron chi connectivity index (χ1n) is 10.7. The summed E-state index contributed by atoms with van der Waals surface area (Å²) < 4.78 is 0. The summed E-state index contributed by atoms with van der Waals surface area (Å²) in [6, 6.07) is -0.575. The molecule has 1 radical (unpaired) electrons. The zero-order valence-electron chi connectivity index (χ0n) is 17.3. The number of amides is 1. The number of unbranched alkanes of at least 4 members (excludes halogenated alkanes) is 12. The molecular weight excluding hydrogens is 337 g/mol. The molecule has 26 heavy (non-hydrogen) atoms. The summed E-state index contributed by atoms with van der Waals surface area (Å²) in [4.78, 5) is 24.8. The molecule has 0 spiro atoms. The van der Waals surface area contributed by atoms with Crippen LogP contribution in [0.3, 0.4) is 0 Å². The minimum atomic E-state index is -0.851. The van der Waals surface area contributed by atoms with E-state index in [4.69, 9.17) is 5.11 Å². The normalized spacial score (nSPS) is 16.5. The van der Waals surface area contributed by atoms with Crippen LogP contribution < -0.4 is 0 Å². The van der Waals surface area contributed by atoms with Gasteiger partial charge in [0.2, 0.25) is 5.91 Å². The van der Waals surface area contributed by atoms with E-state index < -0.39 is 12.0 Å². The maximum absolute atomic E-state index is 12.1. The Kier molecular flexibility index (Phi) is 17.0. The molecule has 1 aliphatic heterocycles. The molecule has 147 valence electrons. The zero-order valence-corrected chi connectivity index (χ0v) is 19.3. The third-order valence-electron chi connectivity index (χ3n) is 5.35. The monoisotopic (exact) mass is 376 g/mol. The number of hydrogen-bond donors (Lipinski definition) is 1. The summed E-state index contributed by atoms with van der Waals surface area (Å²) in [5.74, 6) is -0.816. The van der Waals surface area contributed by atoms with Gasteiger partial charge in [0.1, 0.15) is 6.04 Å². The second-order valence-corrected chi connectivity index (χ2v) is 7.58. The van der Waals surface area contributed by atoms with Crippen molar-refractivity contribution in [1.29, 1.82) is 0 Å². The van der Waals surface area contributed by atoms with Gasteiger partial charge >= 0.3 is 5.97 Å². The van der Waals surface area contributed by atoms with Crippen LogP contribution in [0.2, 0.25) is 0 Å². The maximum Gasteiger partial charge on any atom is 0.326 e. The molecular formula is C21H39NNaO3. The Morgan fingerprint density at radius 2 is 1.31 bits per heavy atom. The second-order valence-electron chi connectivity index (χ2n) is 7.58. The van der Waals surface area contributed by atoms with E-state index in [1.54, 1.807) is 4.90 Å².